The molecule has 1 atom stereocenters. The van der Waals surface area contributed by atoms with Crippen molar-refractivity contribution in [1.82, 2.24) is 5.32 Å². The highest BCUT2D eigenvalue weighted by molar-refractivity contribution is 6.07. The van der Waals surface area contributed by atoms with Gasteiger partial charge < -0.3 is 16.3 Å². The summed E-state index contributed by atoms with van der Waals surface area (Å²) in [7, 11) is 0. The number of hydrogen-bond acceptors (Lipinski definition) is 3. The van der Waals surface area contributed by atoms with Crippen LogP contribution in [0.3, 0.4) is 0 Å². The molecule has 1 saturated carbocycles. The monoisotopic (exact) mass is 289 g/mol. The number of hydrogen-bond donors (Lipinski definition) is 3. The summed E-state index contributed by atoms with van der Waals surface area (Å²) >= 11 is 0. The van der Waals surface area contributed by atoms with Gasteiger partial charge in [-0.2, -0.15) is 0 Å². The standard InChI is InChI=1S/C16H23N3O2/c1-2-13(12-8-4-3-5-9-12)18-15(20)16(14(17)19-21)10-6-7-11-16/h3-5,8-9,13,21H,2,6-7,10-11H2,1H3,(H2,17,19)(H,18,20). The van der Waals surface area contributed by atoms with E-state index >= 15 is 0 Å². The van der Waals surface area contributed by atoms with Crippen molar-refractivity contribution >= 4 is 11.7 Å². The van der Waals surface area contributed by atoms with Crippen LogP contribution in [0.4, 0.5) is 0 Å². The minimum Gasteiger partial charge on any atom is -0.409 e. The molecule has 1 aromatic rings. The summed E-state index contributed by atoms with van der Waals surface area (Å²) in [6.45, 7) is 2.03. The molecule has 1 aliphatic rings. The summed E-state index contributed by atoms with van der Waals surface area (Å²) in [5.74, 6) is -0.105. The zero-order valence-electron chi connectivity index (χ0n) is 12.4. The third-order valence-electron chi connectivity index (χ3n) is 4.41. The molecule has 0 aliphatic heterocycles. The van der Waals surface area contributed by atoms with Crippen LogP contribution in [0.2, 0.25) is 0 Å². The topological polar surface area (TPSA) is 87.7 Å². The van der Waals surface area contributed by atoms with Crippen molar-refractivity contribution in [2.45, 2.75) is 45.1 Å². The molecule has 0 bridgehead atoms. The Hall–Kier alpha value is -2.04. The highest BCUT2D eigenvalue weighted by Crippen LogP contribution is 2.39. The summed E-state index contributed by atoms with van der Waals surface area (Å²) in [6, 6.07) is 9.81. The van der Waals surface area contributed by atoms with Crippen LogP contribution in [0.25, 0.3) is 0 Å². The molecule has 5 heteroatoms. The summed E-state index contributed by atoms with van der Waals surface area (Å²) in [6.07, 6.45) is 3.92. The van der Waals surface area contributed by atoms with Gasteiger partial charge in [-0.3, -0.25) is 4.79 Å². The Bertz CT molecular complexity index is 508. The quantitative estimate of drug-likeness (QED) is 0.337. The van der Waals surface area contributed by atoms with Gasteiger partial charge in [-0.25, -0.2) is 0 Å². The Kier molecular flexibility index (Phi) is 4.83. The van der Waals surface area contributed by atoms with Gasteiger partial charge in [0, 0.05) is 0 Å². The fraction of sp³-hybridized carbons (Fsp3) is 0.500. The normalized spacial score (nSPS) is 19.2. The van der Waals surface area contributed by atoms with E-state index in [-0.39, 0.29) is 17.8 Å². The molecule has 0 heterocycles. The molecule has 1 aromatic carbocycles. The van der Waals surface area contributed by atoms with Crippen molar-refractivity contribution in [3.63, 3.8) is 0 Å². The molecule has 0 aromatic heterocycles. The first-order chi connectivity index (χ1) is 10.1. The maximum atomic E-state index is 12.7. The van der Waals surface area contributed by atoms with Gasteiger partial charge in [0.25, 0.3) is 0 Å². The molecule has 0 radical (unpaired) electrons. The van der Waals surface area contributed by atoms with Gasteiger partial charge in [-0.1, -0.05) is 55.3 Å². The SMILES string of the molecule is CCC(NC(=O)C1(C(N)=NO)CCCC1)c1ccccc1. The molecule has 4 N–H and O–H groups in total. The van der Waals surface area contributed by atoms with E-state index in [1.165, 1.54) is 0 Å². The van der Waals surface area contributed by atoms with Crippen LogP contribution < -0.4 is 11.1 Å². The molecular formula is C16H23N3O2. The average Bonchev–Trinajstić information content (AvgIpc) is 3.03. The Balaban J connectivity index is 2.19. The lowest BCUT2D eigenvalue weighted by Crippen LogP contribution is -2.49. The number of nitrogens with zero attached hydrogens (tertiary/aromatic N) is 1. The maximum absolute atomic E-state index is 12.7. The van der Waals surface area contributed by atoms with Crippen LogP contribution in [-0.4, -0.2) is 17.0 Å². The molecule has 1 fully saturated rings. The zero-order chi connectivity index (χ0) is 15.3. The smallest absolute Gasteiger partial charge is 0.234 e. The minimum atomic E-state index is -0.850. The highest BCUT2D eigenvalue weighted by Gasteiger charge is 2.45. The summed E-state index contributed by atoms with van der Waals surface area (Å²) in [5, 5.41) is 15.2. The molecule has 1 amide bonds. The van der Waals surface area contributed by atoms with Gasteiger partial charge in [-0.05, 0) is 24.8 Å². The number of nitrogens with one attached hydrogen (secondary N) is 1. The first-order valence-electron chi connectivity index (χ1n) is 7.48. The second kappa shape index (κ2) is 6.61. The Morgan fingerprint density at radius 2 is 2.00 bits per heavy atom. The number of amidine groups is 1. The third-order valence-corrected chi connectivity index (χ3v) is 4.41. The second-order valence-electron chi connectivity index (χ2n) is 5.62. The van der Waals surface area contributed by atoms with Crippen molar-refractivity contribution in [2.75, 3.05) is 0 Å². The van der Waals surface area contributed by atoms with Crippen LogP contribution >= 0.6 is 0 Å². The van der Waals surface area contributed by atoms with E-state index < -0.39 is 5.41 Å². The molecule has 5 nitrogen and oxygen atoms in total. The van der Waals surface area contributed by atoms with Gasteiger partial charge in [0.15, 0.2) is 5.84 Å². The van der Waals surface area contributed by atoms with Crippen molar-refractivity contribution in [1.29, 1.82) is 0 Å². The summed E-state index contributed by atoms with van der Waals surface area (Å²) in [4.78, 5) is 12.7. The highest BCUT2D eigenvalue weighted by atomic mass is 16.4. The Morgan fingerprint density at radius 1 is 1.38 bits per heavy atom. The maximum Gasteiger partial charge on any atom is 0.234 e. The fourth-order valence-corrected chi connectivity index (χ4v) is 3.08. The molecule has 21 heavy (non-hydrogen) atoms. The first kappa shape index (κ1) is 15.4. The fourth-order valence-electron chi connectivity index (χ4n) is 3.08. The number of carbonyl (C=O) groups is 1. The van der Waals surface area contributed by atoms with Crippen molar-refractivity contribution in [2.24, 2.45) is 16.3 Å². The van der Waals surface area contributed by atoms with E-state index in [1.807, 2.05) is 37.3 Å². The molecule has 1 unspecified atom stereocenters. The number of oxime groups is 1. The predicted octanol–water partition coefficient (Wildman–Crippen LogP) is 2.56. The number of nitrogens with two attached hydrogens (primary N) is 1. The lowest BCUT2D eigenvalue weighted by Gasteiger charge is -2.29. The second-order valence-corrected chi connectivity index (χ2v) is 5.62. The predicted molar refractivity (Wildman–Crippen MR) is 81.9 cm³/mol. The Morgan fingerprint density at radius 3 is 2.52 bits per heavy atom. The van der Waals surface area contributed by atoms with Gasteiger partial charge in [0.2, 0.25) is 5.91 Å². The molecule has 0 saturated heterocycles. The van der Waals surface area contributed by atoms with E-state index in [4.69, 9.17) is 10.9 Å². The lowest BCUT2D eigenvalue weighted by atomic mass is 9.83. The Labute approximate surface area is 125 Å². The first-order valence-corrected chi connectivity index (χ1v) is 7.48. The molecule has 1 aliphatic carbocycles. The minimum absolute atomic E-state index is 0.0282. The third kappa shape index (κ3) is 3.01. The molecule has 0 spiro atoms. The zero-order valence-corrected chi connectivity index (χ0v) is 12.4. The van der Waals surface area contributed by atoms with Crippen molar-refractivity contribution in [3.05, 3.63) is 35.9 Å². The van der Waals surface area contributed by atoms with E-state index in [0.717, 1.165) is 24.8 Å². The van der Waals surface area contributed by atoms with Crippen LogP contribution in [-0.2, 0) is 4.79 Å². The number of carbonyl (C=O) groups excluding carboxylic acids is 1. The van der Waals surface area contributed by atoms with Gasteiger partial charge in [0.1, 0.15) is 5.41 Å². The molecular weight excluding hydrogens is 266 g/mol. The van der Waals surface area contributed by atoms with Crippen LogP contribution in [0.1, 0.15) is 50.6 Å². The summed E-state index contributed by atoms with van der Waals surface area (Å²) < 4.78 is 0. The van der Waals surface area contributed by atoms with E-state index in [9.17, 15) is 4.79 Å². The average molecular weight is 289 g/mol. The molecule has 2 rings (SSSR count). The van der Waals surface area contributed by atoms with Gasteiger partial charge in [0.05, 0.1) is 6.04 Å². The van der Waals surface area contributed by atoms with E-state index in [0.29, 0.717) is 12.8 Å². The van der Waals surface area contributed by atoms with Crippen LogP contribution in [0.5, 0.6) is 0 Å². The van der Waals surface area contributed by atoms with E-state index in [1.54, 1.807) is 0 Å². The van der Waals surface area contributed by atoms with Crippen molar-refractivity contribution in [3.8, 4) is 0 Å². The van der Waals surface area contributed by atoms with Crippen LogP contribution in [0.15, 0.2) is 35.5 Å². The van der Waals surface area contributed by atoms with E-state index in [2.05, 4.69) is 10.5 Å². The number of amides is 1. The van der Waals surface area contributed by atoms with Crippen LogP contribution in [0, 0.1) is 5.41 Å². The van der Waals surface area contributed by atoms with Gasteiger partial charge >= 0.3 is 0 Å². The van der Waals surface area contributed by atoms with Gasteiger partial charge in [-0.15, -0.1) is 0 Å². The van der Waals surface area contributed by atoms with Crippen molar-refractivity contribution < 1.29 is 10.0 Å². The lowest BCUT2D eigenvalue weighted by molar-refractivity contribution is -0.128. The summed E-state index contributed by atoms with van der Waals surface area (Å²) in [5.41, 5.74) is 6.03. The molecule has 114 valence electrons. The largest absolute Gasteiger partial charge is 0.409 e. The number of rotatable bonds is 5. The number of benzene rings is 1.